The summed E-state index contributed by atoms with van der Waals surface area (Å²) in [4.78, 5) is 20.7. The molecule has 0 saturated carbocycles. The van der Waals surface area contributed by atoms with Crippen molar-refractivity contribution in [1.82, 2.24) is 20.6 Å². The number of rotatable bonds is 5. The summed E-state index contributed by atoms with van der Waals surface area (Å²) in [6.07, 6.45) is 5.09. The zero-order valence-electron chi connectivity index (χ0n) is 15.5. The molecule has 0 saturated heterocycles. The van der Waals surface area contributed by atoms with Crippen LogP contribution in [-0.4, -0.2) is 30.9 Å². The number of halogens is 3. The van der Waals surface area contributed by atoms with E-state index in [0.29, 0.717) is 5.13 Å². The zero-order chi connectivity index (χ0) is 21.7. The molecule has 156 valence electrons. The van der Waals surface area contributed by atoms with Gasteiger partial charge in [0.15, 0.2) is 10.2 Å². The highest BCUT2D eigenvalue weighted by atomic mass is 35.6. The second kappa shape index (κ2) is 9.89. The first-order chi connectivity index (χ1) is 14.2. The van der Waals surface area contributed by atoms with Gasteiger partial charge in [-0.2, -0.15) is 0 Å². The highest BCUT2D eigenvalue weighted by Crippen LogP contribution is 2.30. The summed E-state index contributed by atoms with van der Waals surface area (Å²) in [5.41, 5.74) is 2.73. The first kappa shape index (κ1) is 22.7. The second-order valence-corrected chi connectivity index (χ2v) is 10.00. The summed E-state index contributed by atoms with van der Waals surface area (Å²) in [5.74, 6) is -0.471. The maximum absolute atomic E-state index is 12.3. The molecular weight excluding hydrogens is 485 g/mol. The van der Waals surface area contributed by atoms with Crippen LogP contribution in [0.5, 0.6) is 0 Å². The molecule has 0 radical (unpaired) electrons. The van der Waals surface area contributed by atoms with Gasteiger partial charge in [0.05, 0.1) is 10.2 Å². The molecular formula is C19H16Cl3N5OS2. The normalized spacial score (nSPS) is 12.7. The van der Waals surface area contributed by atoms with Crippen LogP contribution in [0.4, 0.5) is 5.13 Å². The lowest BCUT2D eigenvalue weighted by atomic mass is 10.2. The van der Waals surface area contributed by atoms with Crippen molar-refractivity contribution in [1.29, 1.82) is 0 Å². The van der Waals surface area contributed by atoms with Crippen LogP contribution >= 0.6 is 58.4 Å². The number of thiazole rings is 1. The van der Waals surface area contributed by atoms with Gasteiger partial charge in [-0.05, 0) is 54.5 Å². The molecule has 6 nitrogen and oxygen atoms in total. The fourth-order valence-electron chi connectivity index (χ4n) is 2.39. The molecule has 3 N–H and O–H groups in total. The Kier molecular flexibility index (Phi) is 7.49. The Hall–Kier alpha value is -1.97. The highest BCUT2D eigenvalue weighted by molar-refractivity contribution is 7.80. The minimum Gasteiger partial charge on any atom is -0.339 e. The summed E-state index contributed by atoms with van der Waals surface area (Å²) in [6, 6.07) is 9.54. The number of fused-ring (bicyclic) bond motifs is 1. The number of aromatic nitrogens is 2. The number of nitrogens with zero attached hydrogens (tertiary/aromatic N) is 2. The molecule has 0 aliphatic carbocycles. The molecule has 0 bridgehead atoms. The number of benzene rings is 1. The average molecular weight is 501 g/mol. The number of anilines is 1. The van der Waals surface area contributed by atoms with Crippen LogP contribution in [0.2, 0.25) is 0 Å². The second-order valence-electron chi connectivity index (χ2n) is 6.19. The molecule has 1 atom stereocenters. The molecule has 2 aromatic heterocycles. The quantitative estimate of drug-likeness (QED) is 0.202. The standard InChI is InChI=1S/C19H16Cl3N5OS2/c1-11-4-6-14-13(9-11)24-18(30-14)27-17(29)26-16(19(20,21)22)25-15(28)7-5-12-3-2-8-23-10-12/h2-10,16H,1H3,(H,25,28)(H2,24,26,27,29)/b7-5+. The molecule has 1 aromatic carbocycles. The van der Waals surface area contributed by atoms with Crippen molar-refractivity contribution in [3.63, 3.8) is 0 Å². The van der Waals surface area contributed by atoms with E-state index in [1.165, 1.54) is 17.4 Å². The van der Waals surface area contributed by atoms with Crippen molar-refractivity contribution in [3.8, 4) is 0 Å². The molecule has 3 rings (SSSR count). The van der Waals surface area contributed by atoms with Crippen molar-refractivity contribution in [3.05, 3.63) is 59.9 Å². The largest absolute Gasteiger partial charge is 0.339 e. The number of carbonyl (C=O) groups excluding carboxylic acids is 1. The summed E-state index contributed by atoms with van der Waals surface area (Å²) < 4.78 is -0.841. The number of aryl methyl sites for hydroxylation is 1. The van der Waals surface area contributed by atoms with Crippen molar-refractivity contribution >= 4 is 90.8 Å². The van der Waals surface area contributed by atoms with Gasteiger partial charge in [0.1, 0.15) is 6.17 Å². The SMILES string of the molecule is Cc1ccc2sc(NC(=S)NC(NC(=O)/C=C/c3cccnc3)C(Cl)(Cl)Cl)nc2c1. The zero-order valence-corrected chi connectivity index (χ0v) is 19.4. The summed E-state index contributed by atoms with van der Waals surface area (Å²) in [6.45, 7) is 2.00. The number of hydrogen-bond acceptors (Lipinski definition) is 5. The van der Waals surface area contributed by atoms with E-state index in [9.17, 15) is 4.79 Å². The Morgan fingerprint density at radius 1 is 1.27 bits per heavy atom. The molecule has 0 aliphatic rings. The van der Waals surface area contributed by atoms with E-state index in [-0.39, 0.29) is 5.11 Å². The summed E-state index contributed by atoms with van der Waals surface area (Å²) >= 11 is 24.8. The monoisotopic (exact) mass is 499 g/mol. The van der Waals surface area contributed by atoms with Gasteiger partial charge < -0.3 is 16.0 Å². The number of pyridine rings is 1. The molecule has 30 heavy (non-hydrogen) atoms. The molecule has 1 unspecified atom stereocenters. The Bertz CT molecular complexity index is 1080. The lowest BCUT2D eigenvalue weighted by Gasteiger charge is -2.27. The van der Waals surface area contributed by atoms with Crippen molar-refractivity contribution in [2.45, 2.75) is 16.9 Å². The maximum atomic E-state index is 12.3. The maximum Gasteiger partial charge on any atom is 0.245 e. The molecule has 1 amide bonds. The minimum absolute atomic E-state index is 0.152. The number of thiocarbonyl (C=S) groups is 1. The van der Waals surface area contributed by atoms with E-state index in [4.69, 9.17) is 47.0 Å². The average Bonchev–Trinajstić information content (AvgIpc) is 3.07. The summed E-state index contributed by atoms with van der Waals surface area (Å²) in [5, 5.41) is 9.08. The van der Waals surface area contributed by atoms with Crippen LogP contribution in [0.15, 0.2) is 48.8 Å². The molecule has 11 heteroatoms. The van der Waals surface area contributed by atoms with Crippen LogP contribution in [0.1, 0.15) is 11.1 Å². The number of hydrogen-bond donors (Lipinski definition) is 3. The first-order valence-corrected chi connectivity index (χ1v) is 11.0. The number of carbonyl (C=O) groups is 1. The van der Waals surface area contributed by atoms with Gasteiger partial charge >= 0.3 is 0 Å². The van der Waals surface area contributed by atoms with Gasteiger partial charge in [0.25, 0.3) is 0 Å². The Balaban J connectivity index is 1.64. The lowest BCUT2D eigenvalue weighted by molar-refractivity contribution is -0.117. The van der Waals surface area contributed by atoms with Gasteiger partial charge in [0.2, 0.25) is 9.70 Å². The molecule has 0 spiro atoms. The van der Waals surface area contributed by atoms with E-state index in [1.807, 2.05) is 25.1 Å². The molecule has 2 heterocycles. The first-order valence-electron chi connectivity index (χ1n) is 8.61. The van der Waals surface area contributed by atoms with E-state index in [1.54, 1.807) is 30.6 Å². The van der Waals surface area contributed by atoms with Crippen LogP contribution in [0.3, 0.4) is 0 Å². The van der Waals surface area contributed by atoms with Crippen LogP contribution < -0.4 is 16.0 Å². The van der Waals surface area contributed by atoms with E-state index >= 15 is 0 Å². The molecule has 3 aromatic rings. The highest BCUT2D eigenvalue weighted by Gasteiger charge is 2.34. The predicted octanol–water partition coefficient (Wildman–Crippen LogP) is 4.81. The molecule has 0 aliphatic heterocycles. The van der Waals surface area contributed by atoms with Crippen molar-refractivity contribution < 1.29 is 4.79 Å². The Morgan fingerprint density at radius 2 is 2.07 bits per heavy atom. The third-order valence-corrected chi connectivity index (χ3v) is 5.59. The third kappa shape index (κ3) is 6.52. The van der Waals surface area contributed by atoms with Crippen LogP contribution in [-0.2, 0) is 4.79 Å². The number of nitrogens with one attached hydrogen (secondary N) is 3. The van der Waals surface area contributed by atoms with Gasteiger partial charge in [-0.15, -0.1) is 0 Å². The predicted molar refractivity (Wildman–Crippen MR) is 129 cm³/mol. The van der Waals surface area contributed by atoms with E-state index < -0.39 is 15.9 Å². The summed E-state index contributed by atoms with van der Waals surface area (Å²) in [7, 11) is 0. The van der Waals surface area contributed by atoms with Gasteiger partial charge in [0, 0.05) is 18.5 Å². The Labute approximate surface area is 197 Å². The van der Waals surface area contributed by atoms with Crippen molar-refractivity contribution in [2.75, 3.05) is 5.32 Å². The van der Waals surface area contributed by atoms with Crippen LogP contribution in [0.25, 0.3) is 16.3 Å². The fraction of sp³-hybridized carbons (Fsp3) is 0.158. The number of alkyl halides is 3. The smallest absolute Gasteiger partial charge is 0.245 e. The fourth-order valence-corrected chi connectivity index (χ4v) is 3.85. The van der Waals surface area contributed by atoms with Crippen molar-refractivity contribution in [2.24, 2.45) is 0 Å². The number of amides is 1. The third-order valence-electron chi connectivity index (χ3n) is 3.76. The van der Waals surface area contributed by atoms with Crippen LogP contribution in [0, 0.1) is 6.92 Å². The van der Waals surface area contributed by atoms with Gasteiger partial charge in [-0.25, -0.2) is 4.98 Å². The van der Waals surface area contributed by atoms with Gasteiger partial charge in [-0.1, -0.05) is 58.3 Å². The molecule has 0 fully saturated rings. The minimum atomic E-state index is -1.85. The van der Waals surface area contributed by atoms with Gasteiger partial charge in [-0.3, -0.25) is 9.78 Å². The van der Waals surface area contributed by atoms with E-state index in [2.05, 4.69) is 25.9 Å². The van der Waals surface area contributed by atoms with E-state index in [0.717, 1.165) is 21.3 Å². The topological polar surface area (TPSA) is 78.9 Å². The Morgan fingerprint density at radius 3 is 2.77 bits per heavy atom. The lowest BCUT2D eigenvalue weighted by Crippen LogP contribution is -2.55.